The lowest BCUT2D eigenvalue weighted by Crippen LogP contribution is -2.24. The van der Waals surface area contributed by atoms with E-state index in [1.54, 1.807) is 35.5 Å². The van der Waals surface area contributed by atoms with Crippen molar-refractivity contribution in [1.82, 2.24) is 0 Å². The predicted molar refractivity (Wildman–Crippen MR) is 126 cm³/mol. The lowest BCUT2D eigenvalue weighted by atomic mass is 9.73. The number of rotatable bonds is 7. The molecule has 0 aromatic heterocycles. The van der Waals surface area contributed by atoms with Gasteiger partial charge < -0.3 is 23.7 Å². The predicted octanol–water partition coefficient (Wildman–Crippen LogP) is 4.96. The number of fused-ring (bicyclic) bond motifs is 2. The summed E-state index contributed by atoms with van der Waals surface area (Å²) < 4.78 is 27.8. The maximum Gasteiger partial charge on any atom is 0.175 e. The Hall–Kier alpha value is -3.67. The molecule has 33 heavy (non-hydrogen) atoms. The van der Waals surface area contributed by atoms with Gasteiger partial charge in [0, 0.05) is 35.2 Å². The zero-order valence-corrected chi connectivity index (χ0v) is 19.8. The summed E-state index contributed by atoms with van der Waals surface area (Å²) in [5.74, 6) is 2.68. The first-order valence-corrected chi connectivity index (χ1v) is 10.6. The van der Waals surface area contributed by atoms with Gasteiger partial charge in [0.2, 0.25) is 0 Å². The third-order valence-electron chi connectivity index (χ3n) is 6.26. The molecular weight excluding hydrogens is 420 g/mol. The van der Waals surface area contributed by atoms with Crippen LogP contribution in [0.1, 0.15) is 44.1 Å². The topological polar surface area (TPSA) is 63.2 Å². The molecule has 3 aromatic carbocycles. The number of Topliss-reactive ketones (excluding diaryl/α,β-unsaturated/α-hetero) is 1. The first-order chi connectivity index (χ1) is 15.9. The molecule has 3 aromatic rings. The van der Waals surface area contributed by atoms with Crippen LogP contribution in [0.2, 0.25) is 0 Å². The average molecular weight is 449 g/mol. The SMILES string of the molecule is COc1ccc(C(=O)C2c3cc(OC)cc(OC)c3Cc3cc(OC)cc(OC)c32)c(C)c1. The van der Waals surface area contributed by atoms with Crippen LogP contribution in [0, 0.1) is 6.92 Å². The van der Waals surface area contributed by atoms with Crippen LogP contribution in [-0.2, 0) is 6.42 Å². The maximum atomic E-state index is 14.2. The second-order valence-electron chi connectivity index (χ2n) is 7.95. The minimum absolute atomic E-state index is 0.0314. The van der Waals surface area contributed by atoms with E-state index in [-0.39, 0.29) is 5.78 Å². The number of benzene rings is 3. The van der Waals surface area contributed by atoms with Crippen LogP contribution in [0.4, 0.5) is 0 Å². The molecule has 0 N–H and O–H groups in total. The van der Waals surface area contributed by atoms with Crippen molar-refractivity contribution < 1.29 is 28.5 Å². The van der Waals surface area contributed by atoms with Crippen molar-refractivity contribution in [2.45, 2.75) is 19.3 Å². The highest BCUT2D eigenvalue weighted by Crippen LogP contribution is 2.48. The summed E-state index contributed by atoms with van der Waals surface area (Å²) in [6, 6.07) is 13.1. The number of hydrogen-bond acceptors (Lipinski definition) is 6. The van der Waals surface area contributed by atoms with E-state index >= 15 is 0 Å². The highest BCUT2D eigenvalue weighted by Gasteiger charge is 2.37. The van der Waals surface area contributed by atoms with Gasteiger partial charge in [-0.3, -0.25) is 4.79 Å². The molecule has 0 spiro atoms. The number of carbonyl (C=O) groups is 1. The number of carbonyl (C=O) groups excluding carboxylic acids is 1. The molecule has 4 rings (SSSR count). The first kappa shape index (κ1) is 22.5. The van der Waals surface area contributed by atoms with Crippen molar-refractivity contribution in [1.29, 1.82) is 0 Å². The maximum absolute atomic E-state index is 14.2. The van der Waals surface area contributed by atoms with Crippen molar-refractivity contribution in [3.8, 4) is 28.7 Å². The van der Waals surface area contributed by atoms with Crippen LogP contribution >= 0.6 is 0 Å². The molecule has 1 atom stereocenters. The fraction of sp³-hybridized carbons (Fsp3) is 0.296. The zero-order chi connectivity index (χ0) is 23.7. The van der Waals surface area contributed by atoms with E-state index in [2.05, 4.69) is 0 Å². The van der Waals surface area contributed by atoms with Crippen LogP contribution in [0.5, 0.6) is 28.7 Å². The summed E-state index contributed by atoms with van der Waals surface area (Å²) in [5, 5.41) is 0. The third kappa shape index (κ3) is 3.86. The van der Waals surface area contributed by atoms with Gasteiger partial charge in [0.1, 0.15) is 28.7 Å². The van der Waals surface area contributed by atoms with Crippen molar-refractivity contribution in [3.05, 3.63) is 75.8 Å². The molecule has 0 amide bonds. The van der Waals surface area contributed by atoms with Crippen LogP contribution in [0.3, 0.4) is 0 Å². The highest BCUT2D eigenvalue weighted by atomic mass is 16.5. The molecule has 0 fully saturated rings. The Balaban J connectivity index is 2.00. The first-order valence-electron chi connectivity index (χ1n) is 10.6. The van der Waals surface area contributed by atoms with Gasteiger partial charge in [-0.2, -0.15) is 0 Å². The molecule has 6 heteroatoms. The van der Waals surface area contributed by atoms with Gasteiger partial charge in [-0.15, -0.1) is 0 Å². The normalized spacial score (nSPS) is 14.1. The Morgan fingerprint density at radius 3 is 2.00 bits per heavy atom. The Morgan fingerprint density at radius 2 is 1.39 bits per heavy atom. The van der Waals surface area contributed by atoms with Gasteiger partial charge in [-0.1, -0.05) is 0 Å². The Kier molecular flexibility index (Phi) is 6.18. The van der Waals surface area contributed by atoms with Crippen LogP contribution in [0.25, 0.3) is 0 Å². The molecule has 0 saturated carbocycles. The third-order valence-corrected chi connectivity index (χ3v) is 6.26. The average Bonchev–Trinajstić information content (AvgIpc) is 2.85. The van der Waals surface area contributed by atoms with Gasteiger partial charge >= 0.3 is 0 Å². The van der Waals surface area contributed by atoms with Crippen LogP contribution in [-0.4, -0.2) is 41.3 Å². The van der Waals surface area contributed by atoms with Crippen LogP contribution < -0.4 is 23.7 Å². The largest absolute Gasteiger partial charge is 0.497 e. The molecule has 1 aliphatic carbocycles. The fourth-order valence-corrected chi connectivity index (χ4v) is 4.62. The summed E-state index contributed by atoms with van der Waals surface area (Å²) >= 11 is 0. The number of ketones is 1. The smallest absolute Gasteiger partial charge is 0.175 e. The molecule has 0 bridgehead atoms. The quantitative estimate of drug-likeness (QED) is 0.476. The summed E-state index contributed by atoms with van der Waals surface area (Å²) in [6.07, 6.45) is 0.580. The van der Waals surface area contributed by atoms with Gasteiger partial charge in [0.25, 0.3) is 0 Å². The summed E-state index contributed by atoms with van der Waals surface area (Å²) in [4.78, 5) is 14.2. The van der Waals surface area contributed by atoms with E-state index < -0.39 is 5.92 Å². The zero-order valence-electron chi connectivity index (χ0n) is 19.8. The fourth-order valence-electron chi connectivity index (χ4n) is 4.62. The molecule has 0 aliphatic heterocycles. The molecule has 0 heterocycles. The molecule has 1 aliphatic rings. The monoisotopic (exact) mass is 448 g/mol. The van der Waals surface area contributed by atoms with Gasteiger partial charge in [-0.05, 0) is 53.9 Å². The van der Waals surface area contributed by atoms with Crippen molar-refractivity contribution in [3.63, 3.8) is 0 Å². The number of methoxy groups -OCH3 is 5. The lowest BCUT2D eigenvalue weighted by molar-refractivity contribution is 0.0970. The van der Waals surface area contributed by atoms with E-state index in [1.807, 2.05) is 49.4 Å². The summed E-state index contributed by atoms with van der Waals surface area (Å²) in [6.45, 7) is 1.91. The summed E-state index contributed by atoms with van der Waals surface area (Å²) in [7, 11) is 8.07. The standard InChI is InChI=1S/C27H28O6/c1-15-9-17(29-2)7-8-20(15)27(28)26-22-12-19(31-4)13-23(32-5)21(22)11-16-10-18(30-3)14-24(33-6)25(16)26/h7-10,12-14,26H,11H2,1-6H3. The van der Waals surface area contributed by atoms with E-state index in [0.29, 0.717) is 40.7 Å². The highest BCUT2D eigenvalue weighted by molar-refractivity contribution is 6.05. The summed E-state index contributed by atoms with van der Waals surface area (Å²) in [5.41, 5.74) is 5.07. The second kappa shape index (κ2) is 9.06. The molecule has 0 saturated heterocycles. The number of ether oxygens (including phenoxy) is 5. The van der Waals surface area contributed by atoms with E-state index in [4.69, 9.17) is 23.7 Å². The molecule has 172 valence electrons. The van der Waals surface area contributed by atoms with Crippen molar-refractivity contribution >= 4 is 5.78 Å². The van der Waals surface area contributed by atoms with Gasteiger partial charge in [0.05, 0.1) is 41.5 Å². The second-order valence-corrected chi connectivity index (χ2v) is 7.95. The van der Waals surface area contributed by atoms with Crippen LogP contribution in [0.15, 0.2) is 42.5 Å². The molecular formula is C27H28O6. The van der Waals surface area contributed by atoms with Gasteiger partial charge in [0.15, 0.2) is 5.78 Å². The lowest BCUT2D eigenvalue weighted by Gasteiger charge is -2.31. The van der Waals surface area contributed by atoms with E-state index in [1.165, 1.54) is 0 Å². The molecule has 6 nitrogen and oxygen atoms in total. The van der Waals surface area contributed by atoms with E-state index in [9.17, 15) is 4.79 Å². The van der Waals surface area contributed by atoms with Crippen molar-refractivity contribution in [2.24, 2.45) is 0 Å². The minimum atomic E-state index is -0.597. The Labute approximate surface area is 194 Å². The number of hydrogen-bond donors (Lipinski definition) is 0. The minimum Gasteiger partial charge on any atom is -0.497 e. The molecule has 1 unspecified atom stereocenters. The number of aryl methyl sites for hydroxylation is 1. The van der Waals surface area contributed by atoms with Gasteiger partial charge in [-0.25, -0.2) is 0 Å². The Bertz CT molecular complexity index is 1210. The Morgan fingerprint density at radius 1 is 0.758 bits per heavy atom. The molecule has 0 radical (unpaired) electrons. The van der Waals surface area contributed by atoms with Crippen molar-refractivity contribution in [2.75, 3.05) is 35.5 Å². The van der Waals surface area contributed by atoms with E-state index in [0.717, 1.165) is 27.8 Å².